The van der Waals surface area contributed by atoms with Crippen LogP contribution in [0.5, 0.6) is 0 Å². The highest BCUT2D eigenvalue weighted by molar-refractivity contribution is 8.13. The first-order valence-electron chi connectivity index (χ1n) is 2.60. The Morgan fingerprint density at radius 1 is 1.78 bits per heavy atom. The fraction of sp³-hybridized carbons (Fsp3) is 0.600. The lowest BCUT2D eigenvalue weighted by Crippen LogP contribution is -2.25. The SMILES string of the molecule is CSC1=NCC(=O)N1C. The summed E-state index contributed by atoms with van der Waals surface area (Å²) in [5.74, 6) is 0.0827. The number of aliphatic imine (C=N–C) groups is 1. The van der Waals surface area contributed by atoms with E-state index in [9.17, 15) is 4.79 Å². The summed E-state index contributed by atoms with van der Waals surface area (Å²) < 4.78 is 0. The average Bonchev–Trinajstić information content (AvgIpc) is 2.15. The number of hydrogen-bond acceptors (Lipinski definition) is 3. The second-order valence-electron chi connectivity index (χ2n) is 1.76. The lowest BCUT2D eigenvalue weighted by molar-refractivity contribution is -0.123. The van der Waals surface area contributed by atoms with Gasteiger partial charge in [0.05, 0.1) is 0 Å². The molecule has 1 aliphatic rings. The molecule has 1 amide bonds. The van der Waals surface area contributed by atoms with Gasteiger partial charge in [0.15, 0.2) is 5.17 Å². The molecule has 9 heavy (non-hydrogen) atoms. The van der Waals surface area contributed by atoms with E-state index in [4.69, 9.17) is 0 Å². The third-order valence-electron chi connectivity index (χ3n) is 1.19. The molecule has 0 spiro atoms. The molecule has 0 atom stereocenters. The number of carbonyl (C=O) groups excluding carboxylic acids is 1. The predicted molar refractivity (Wildman–Crippen MR) is 38.6 cm³/mol. The van der Waals surface area contributed by atoms with Gasteiger partial charge >= 0.3 is 0 Å². The summed E-state index contributed by atoms with van der Waals surface area (Å²) in [6, 6.07) is 0. The van der Waals surface area contributed by atoms with Crippen molar-refractivity contribution in [1.29, 1.82) is 0 Å². The number of rotatable bonds is 0. The van der Waals surface area contributed by atoms with Gasteiger partial charge in [-0.1, -0.05) is 11.8 Å². The van der Waals surface area contributed by atoms with E-state index in [1.54, 1.807) is 11.9 Å². The van der Waals surface area contributed by atoms with Crippen LogP contribution in [0.4, 0.5) is 0 Å². The third kappa shape index (κ3) is 1.08. The summed E-state index contributed by atoms with van der Waals surface area (Å²) in [5.41, 5.74) is 0. The van der Waals surface area contributed by atoms with E-state index < -0.39 is 0 Å². The van der Waals surface area contributed by atoms with Crippen LogP contribution in [0.1, 0.15) is 0 Å². The van der Waals surface area contributed by atoms with Gasteiger partial charge in [-0.25, -0.2) is 0 Å². The molecule has 0 aromatic heterocycles. The second-order valence-corrected chi connectivity index (χ2v) is 2.53. The maximum Gasteiger partial charge on any atom is 0.250 e. The fourth-order valence-corrected chi connectivity index (χ4v) is 1.22. The number of carbonyl (C=O) groups is 1. The van der Waals surface area contributed by atoms with Crippen LogP contribution in [-0.2, 0) is 4.79 Å². The molecule has 4 heteroatoms. The van der Waals surface area contributed by atoms with Crippen molar-refractivity contribution in [2.75, 3.05) is 19.8 Å². The molecule has 1 aliphatic heterocycles. The fourth-order valence-electron chi connectivity index (χ4n) is 0.656. The minimum atomic E-state index is 0.0827. The quantitative estimate of drug-likeness (QED) is 0.485. The van der Waals surface area contributed by atoms with E-state index in [0.29, 0.717) is 6.54 Å². The first-order chi connectivity index (χ1) is 4.25. The number of amidine groups is 1. The van der Waals surface area contributed by atoms with Gasteiger partial charge in [0.2, 0.25) is 5.91 Å². The molecule has 0 fully saturated rings. The topological polar surface area (TPSA) is 32.7 Å². The highest BCUT2D eigenvalue weighted by Crippen LogP contribution is 2.08. The number of nitrogens with zero attached hydrogens (tertiary/aromatic N) is 2. The Morgan fingerprint density at radius 3 is 2.67 bits per heavy atom. The molecule has 1 heterocycles. The van der Waals surface area contributed by atoms with Gasteiger partial charge in [-0.2, -0.15) is 0 Å². The van der Waals surface area contributed by atoms with Crippen molar-refractivity contribution in [3.8, 4) is 0 Å². The monoisotopic (exact) mass is 144 g/mol. The van der Waals surface area contributed by atoms with E-state index in [-0.39, 0.29) is 5.91 Å². The zero-order valence-electron chi connectivity index (χ0n) is 5.42. The zero-order valence-corrected chi connectivity index (χ0v) is 6.23. The Morgan fingerprint density at radius 2 is 2.44 bits per heavy atom. The van der Waals surface area contributed by atoms with E-state index in [0.717, 1.165) is 5.17 Å². The van der Waals surface area contributed by atoms with Crippen molar-refractivity contribution >= 4 is 22.8 Å². The Hall–Kier alpha value is -0.510. The van der Waals surface area contributed by atoms with Crippen LogP contribution in [-0.4, -0.2) is 35.8 Å². The zero-order chi connectivity index (χ0) is 6.85. The summed E-state index contributed by atoms with van der Waals surface area (Å²) in [6.45, 7) is 0.326. The van der Waals surface area contributed by atoms with Crippen LogP contribution in [0.15, 0.2) is 4.99 Å². The normalized spacial score (nSPS) is 18.7. The van der Waals surface area contributed by atoms with Crippen molar-refractivity contribution in [3.63, 3.8) is 0 Å². The summed E-state index contributed by atoms with van der Waals surface area (Å²) >= 11 is 1.50. The molecule has 0 saturated carbocycles. The van der Waals surface area contributed by atoms with Gasteiger partial charge in [-0.3, -0.25) is 14.7 Å². The minimum Gasteiger partial charge on any atom is -0.293 e. The molecule has 0 saturated heterocycles. The van der Waals surface area contributed by atoms with Crippen LogP contribution in [0.3, 0.4) is 0 Å². The van der Waals surface area contributed by atoms with E-state index in [1.807, 2.05) is 6.26 Å². The molecule has 1 rings (SSSR count). The number of hydrogen-bond donors (Lipinski definition) is 0. The van der Waals surface area contributed by atoms with Gasteiger partial charge in [0.1, 0.15) is 6.54 Å². The van der Waals surface area contributed by atoms with Gasteiger partial charge in [0.25, 0.3) is 0 Å². The van der Waals surface area contributed by atoms with Gasteiger partial charge < -0.3 is 0 Å². The molecular formula is C5H8N2OS. The van der Waals surface area contributed by atoms with Gasteiger partial charge in [-0.05, 0) is 6.26 Å². The first-order valence-corrected chi connectivity index (χ1v) is 3.83. The maximum atomic E-state index is 10.7. The summed E-state index contributed by atoms with van der Waals surface area (Å²) in [6.07, 6.45) is 1.91. The first kappa shape index (κ1) is 6.61. The standard InChI is InChI=1S/C5H8N2OS/c1-7-4(8)3-6-5(7)9-2/h3H2,1-2H3. The molecule has 0 aromatic carbocycles. The van der Waals surface area contributed by atoms with Gasteiger partial charge in [0, 0.05) is 7.05 Å². The Labute approximate surface area is 58.1 Å². The Kier molecular flexibility index (Phi) is 1.75. The molecule has 0 unspecified atom stereocenters. The molecule has 0 bridgehead atoms. The van der Waals surface area contributed by atoms with Crippen LogP contribution in [0, 0.1) is 0 Å². The minimum absolute atomic E-state index is 0.0827. The largest absolute Gasteiger partial charge is 0.293 e. The van der Waals surface area contributed by atoms with E-state index in [2.05, 4.69) is 4.99 Å². The number of thioether (sulfide) groups is 1. The molecule has 50 valence electrons. The van der Waals surface area contributed by atoms with E-state index >= 15 is 0 Å². The maximum absolute atomic E-state index is 10.7. The summed E-state index contributed by atoms with van der Waals surface area (Å²) in [7, 11) is 1.74. The smallest absolute Gasteiger partial charge is 0.250 e. The third-order valence-corrected chi connectivity index (χ3v) is 1.96. The Balaban J connectivity index is 2.66. The molecule has 3 nitrogen and oxygen atoms in total. The summed E-state index contributed by atoms with van der Waals surface area (Å²) in [4.78, 5) is 16.3. The molecule has 0 radical (unpaired) electrons. The van der Waals surface area contributed by atoms with Crippen LogP contribution in [0.2, 0.25) is 0 Å². The van der Waals surface area contributed by atoms with Crippen LogP contribution < -0.4 is 0 Å². The van der Waals surface area contributed by atoms with Crippen LogP contribution in [0.25, 0.3) is 0 Å². The lowest BCUT2D eigenvalue weighted by atomic mass is 10.6. The van der Waals surface area contributed by atoms with Crippen molar-refractivity contribution < 1.29 is 4.79 Å². The highest BCUT2D eigenvalue weighted by Gasteiger charge is 2.19. The van der Waals surface area contributed by atoms with Crippen molar-refractivity contribution in [1.82, 2.24) is 4.90 Å². The van der Waals surface area contributed by atoms with Crippen molar-refractivity contribution in [2.24, 2.45) is 4.99 Å². The van der Waals surface area contributed by atoms with Gasteiger partial charge in [-0.15, -0.1) is 0 Å². The van der Waals surface area contributed by atoms with Crippen LogP contribution >= 0.6 is 11.8 Å². The Bertz CT molecular complexity index is 166. The summed E-state index contributed by atoms with van der Waals surface area (Å²) in [5, 5.41) is 0.819. The number of likely N-dealkylation sites (N-methyl/N-ethyl adjacent to an activating group) is 1. The molecule has 0 N–H and O–H groups in total. The molecular weight excluding hydrogens is 136 g/mol. The predicted octanol–water partition coefficient (Wildman–Crippen LogP) is 0.177. The highest BCUT2D eigenvalue weighted by atomic mass is 32.2. The van der Waals surface area contributed by atoms with Crippen molar-refractivity contribution in [2.45, 2.75) is 0 Å². The van der Waals surface area contributed by atoms with E-state index in [1.165, 1.54) is 11.8 Å². The number of amides is 1. The van der Waals surface area contributed by atoms with Crippen molar-refractivity contribution in [3.05, 3.63) is 0 Å². The molecule has 0 aromatic rings. The molecule has 0 aliphatic carbocycles. The second kappa shape index (κ2) is 2.39. The lowest BCUT2D eigenvalue weighted by Gasteiger charge is -2.07. The average molecular weight is 144 g/mol.